The second kappa shape index (κ2) is 8.52. The minimum absolute atomic E-state index is 0.0312. The van der Waals surface area contributed by atoms with Crippen LogP contribution >= 0.6 is 0 Å². The maximum absolute atomic E-state index is 13.2. The van der Waals surface area contributed by atoms with Crippen molar-refractivity contribution < 1.29 is 9.59 Å². The number of aromatic amines is 1. The van der Waals surface area contributed by atoms with E-state index >= 15 is 0 Å². The lowest BCUT2D eigenvalue weighted by Gasteiger charge is -2.37. The van der Waals surface area contributed by atoms with E-state index in [1.807, 2.05) is 72.5 Å². The van der Waals surface area contributed by atoms with Crippen LogP contribution in [0.25, 0.3) is 10.9 Å². The number of para-hydroxylation sites is 1. The molecule has 1 aliphatic rings. The number of carbonyl (C=O) groups is 2. The fraction of sp³-hybridized carbons (Fsp3) is 0.333. The molecule has 2 aromatic carbocycles. The van der Waals surface area contributed by atoms with Crippen LogP contribution in [-0.2, 0) is 0 Å². The predicted molar refractivity (Wildman–Crippen MR) is 115 cm³/mol. The van der Waals surface area contributed by atoms with Crippen molar-refractivity contribution in [2.45, 2.75) is 44.7 Å². The number of H-pyrrole nitrogens is 1. The summed E-state index contributed by atoms with van der Waals surface area (Å²) in [5, 5.41) is 4.20. The van der Waals surface area contributed by atoms with Crippen molar-refractivity contribution in [1.29, 1.82) is 0 Å². The van der Waals surface area contributed by atoms with Gasteiger partial charge in [-0.15, -0.1) is 0 Å². The van der Waals surface area contributed by atoms with Crippen LogP contribution in [0.1, 0.15) is 53.5 Å². The van der Waals surface area contributed by atoms with E-state index in [0.29, 0.717) is 17.8 Å². The Bertz CT molecular complexity index is 963. The van der Waals surface area contributed by atoms with Crippen molar-refractivity contribution in [2.24, 2.45) is 0 Å². The SMILES string of the molecule is CCN(C(=O)c1cc2ccccc2[nH]1)C1CCC[C@@H](NC(=O)c2ccccc2)C1. The number of fused-ring (bicyclic) bond motifs is 1. The van der Waals surface area contributed by atoms with Crippen LogP contribution in [0, 0.1) is 0 Å². The third-order valence-corrected chi connectivity index (χ3v) is 5.82. The first-order chi connectivity index (χ1) is 14.2. The molecule has 0 aliphatic heterocycles. The predicted octanol–water partition coefficient (Wildman–Crippen LogP) is 4.37. The van der Waals surface area contributed by atoms with Crippen molar-refractivity contribution in [3.8, 4) is 0 Å². The number of amides is 2. The van der Waals surface area contributed by atoms with Crippen LogP contribution in [0.15, 0.2) is 60.7 Å². The van der Waals surface area contributed by atoms with E-state index < -0.39 is 0 Å². The molecule has 1 saturated carbocycles. The Kier molecular flexibility index (Phi) is 5.65. The van der Waals surface area contributed by atoms with E-state index in [1.54, 1.807) is 0 Å². The van der Waals surface area contributed by atoms with Crippen LogP contribution in [0.5, 0.6) is 0 Å². The maximum Gasteiger partial charge on any atom is 0.270 e. The van der Waals surface area contributed by atoms with Gasteiger partial charge in [0.1, 0.15) is 5.69 Å². The minimum Gasteiger partial charge on any atom is -0.351 e. The van der Waals surface area contributed by atoms with Crippen molar-refractivity contribution >= 4 is 22.7 Å². The Morgan fingerprint density at radius 3 is 2.59 bits per heavy atom. The minimum atomic E-state index is -0.0405. The monoisotopic (exact) mass is 389 g/mol. The van der Waals surface area contributed by atoms with Gasteiger partial charge in [-0.05, 0) is 56.9 Å². The standard InChI is InChI=1S/C24H27N3O2/c1-2-27(24(29)22-15-18-11-6-7-14-21(18)26-22)20-13-8-12-19(16-20)25-23(28)17-9-4-3-5-10-17/h3-7,9-11,14-15,19-20,26H,2,8,12-13,16H2,1H3,(H,25,28)/t19-,20?/m1/s1. The molecule has 0 radical (unpaired) electrons. The number of benzene rings is 2. The van der Waals surface area contributed by atoms with Gasteiger partial charge in [0.2, 0.25) is 0 Å². The summed E-state index contributed by atoms with van der Waals surface area (Å²) in [5.41, 5.74) is 2.28. The van der Waals surface area contributed by atoms with Crippen molar-refractivity contribution in [1.82, 2.24) is 15.2 Å². The van der Waals surface area contributed by atoms with Gasteiger partial charge < -0.3 is 15.2 Å². The average molecular weight is 389 g/mol. The molecule has 5 nitrogen and oxygen atoms in total. The molecular weight excluding hydrogens is 362 g/mol. The maximum atomic E-state index is 13.2. The number of aromatic nitrogens is 1. The first-order valence-corrected chi connectivity index (χ1v) is 10.4. The summed E-state index contributed by atoms with van der Waals surface area (Å²) in [6.07, 6.45) is 3.71. The molecule has 0 spiro atoms. The van der Waals surface area contributed by atoms with Crippen molar-refractivity contribution in [3.63, 3.8) is 0 Å². The zero-order valence-electron chi connectivity index (χ0n) is 16.7. The van der Waals surface area contributed by atoms with Gasteiger partial charge in [-0.25, -0.2) is 0 Å². The molecule has 2 N–H and O–H groups in total. The summed E-state index contributed by atoms with van der Waals surface area (Å²) >= 11 is 0. The number of nitrogens with zero attached hydrogens (tertiary/aromatic N) is 1. The average Bonchev–Trinajstić information content (AvgIpc) is 3.19. The van der Waals surface area contributed by atoms with Crippen LogP contribution < -0.4 is 5.32 Å². The van der Waals surface area contributed by atoms with E-state index in [2.05, 4.69) is 10.3 Å². The van der Waals surface area contributed by atoms with Gasteiger partial charge in [0, 0.05) is 35.1 Å². The highest BCUT2D eigenvalue weighted by Crippen LogP contribution is 2.25. The number of nitrogens with one attached hydrogen (secondary N) is 2. The topological polar surface area (TPSA) is 65.2 Å². The quantitative estimate of drug-likeness (QED) is 0.680. The van der Waals surface area contributed by atoms with Gasteiger partial charge in [-0.3, -0.25) is 9.59 Å². The second-order valence-corrected chi connectivity index (χ2v) is 7.72. The molecule has 2 atom stereocenters. The Labute approximate surface area is 171 Å². The first-order valence-electron chi connectivity index (χ1n) is 10.4. The van der Waals surface area contributed by atoms with Crippen LogP contribution in [0.4, 0.5) is 0 Å². The fourth-order valence-electron chi connectivity index (χ4n) is 4.35. The van der Waals surface area contributed by atoms with Crippen LogP contribution in [0.2, 0.25) is 0 Å². The van der Waals surface area contributed by atoms with E-state index in [1.165, 1.54) is 0 Å². The molecule has 1 fully saturated rings. The Hall–Kier alpha value is -3.08. The highest BCUT2D eigenvalue weighted by molar-refractivity contribution is 5.98. The summed E-state index contributed by atoms with van der Waals surface area (Å²) in [6, 6.07) is 19.4. The number of hydrogen-bond donors (Lipinski definition) is 2. The lowest BCUT2D eigenvalue weighted by atomic mass is 9.89. The molecule has 5 heteroatoms. The van der Waals surface area contributed by atoms with Crippen LogP contribution in [-0.4, -0.2) is 40.3 Å². The van der Waals surface area contributed by atoms with Gasteiger partial charge in [-0.1, -0.05) is 36.4 Å². The zero-order valence-corrected chi connectivity index (χ0v) is 16.7. The molecule has 3 aromatic rings. The second-order valence-electron chi connectivity index (χ2n) is 7.72. The lowest BCUT2D eigenvalue weighted by molar-refractivity contribution is 0.0619. The molecule has 1 heterocycles. The van der Waals surface area contributed by atoms with E-state index in [4.69, 9.17) is 0 Å². The molecule has 1 aliphatic carbocycles. The molecule has 150 valence electrons. The summed E-state index contributed by atoms with van der Waals surface area (Å²) < 4.78 is 0. The van der Waals surface area contributed by atoms with Crippen LogP contribution in [0.3, 0.4) is 0 Å². The normalized spacial score (nSPS) is 19.1. The summed E-state index contributed by atoms with van der Waals surface area (Å²) in [5.74, 6) is -0.00928. The molecule has 29 heavy (non-hydrogen) atoms. The highest BCUT2D eigenvalue weighted by atomic mass is 16.2. The van der Waals surface area contributed by atoms with Gasteiger partial charge in [-0.2, -0.15) is 0 Å². The molecule has 2 amide bonds. The summed E-state index contributed by atoms with van der Waals surface area (Å²) in [4.78, 5) is 30.9. The largest absolute Gasteiger partial charge is 0.351 e. The Morgan fingerprint density at radius 2 is 1.83 bits per heavy atom. The molecule has 1 unspecified atom stereocenters. The summed E-state index contributed by atoms with van der Waals surface area (Å²) in [6.45, 7) is 2.67. The summed E-state index contributed by atoms with van der Waals surface area (Å²) in [7, 11) is 0. The number of rotatable bonds is 5. The van der Waals surface area contributed by atoms with E-state index in [-0.39, 0.29) is 23.9 Å². The third-order valence-electron chi connectivity index (χ3n) is 5.82. The van der Waals surface area contributed by atoms with E-state index in [9.17, 15) is 9.59 Å². The van der Waals surface area contributed by atoms with Gasteiger partial charge in [0.25, 0.3) is 11.8 Å². The molecule has 0 saturated heterocycles. The molecule has 0 bridgehead atoms. The fourth-order valence-corrected chi connectivity index (χ4v) is 4.35. The Morgan fingerprint density at radius 1 is 1.07 bits per heavy atom. The van der Waals surface area contributed by atoms with Gasteiger partial charge in [0.05, 0.1) is 0 Å². The molecule has 4 rings (SSSR count). The van der Waals surface area contributed by atoms with Crippen molar-refractivity contribution in [2.75, 3.05) is 6.54 Å². The smallest absolute Gasteiger partial charge is 0.270 e. The van der Waals surface area contributed by atoms with E-state index in [0.717, 1.165) is 36.6 Å². The third kappa shape index (κ3) is 4.19. The highest BCUT2D eigenvalue weighted by Gasteiger charge is 2.30. The lowest BCUT2D eigenvalue weighted by Crippen LogP contribution is -2.48. The van der Waals surface area contributed by atoms with Crippen molar-refractivity contribution in [3.05, 3.63) is 71.9 Å². The van der Waals surface area contributed by atoms with Gasteiger partial charge in [0.15, 0.2) is 0 Å². The molecule has 1 aromatic heterocycles. The van der Waals surface area contributed by atoms with Gasteiger partial charge >= 0.3 is 0 Å². The Balaban J connectivity index is 1.45. The first kappa shape index (κ1) is 19.2. The number of hydrogen-bond acceptors (Lipinski definition) is 2. The number of carbonyl (C=O) groups excluding carboxylic acids is 2. The molecular formula is C24H27N3O2. The zero-order chi connectivity index (χ0) is 20.2.